The maximum atomic E-state index is 11.1. The first kappa shape index (κ1) is 9.97. The van der Waals surface area contributed by atoms with E-state index in [-0.39, 0.29) is 18.1 Å². The summed E-state index contributed by atoms with van der Waals surface area (Å²) < 4.78 is 0. The van der Waals surface area contributed by atoms with Crippen LogP contribution in [-0.4, -0.2) is 36.6 Å². The van der Waals surface area contributed by atoms with Gasteiger partial charge >= 0.3 is 0 Å². The number of rotatable bonds is 2. The summed E-state index contributed by atoms with van der Waals surface area (Å²) in [5.41, 5.74) is 5.98. The minimum absolute atomic E-state index is 0.243. The van der Waals surface area contributed by atoms with E-state index in [2.05, 4.69) is 0 Å². The second kappa shape index (κ2) is 3.98. The number of nitrogens with zero attached hydrogens (tertiary/aromatic N) is 1. The second-order valence-corrected chi connectivity index (χ2v) is 2.52. The normalized spacial score (nSPS) is 12.4. The lowest BCUT2D eigenvalue weighted by atomic mass is 10.2. The van der Waals surface area contributed by atoms with E-state index in [0.717, 1.165) is 0 Å². The summed E-state index contributed by atoms with van der Waals surface area (Å²) >= 11 is 0. The highest BCUT2D eigenvalue weighted by Gasteiger charge is 2.11. The molecule has 0 bridgehead atoms. The summed E-state index contributed by atoms with van der Waals surface area (Å²) in [6.07, 6.45) is 0. The van der Waals surface area contributed by atoms with E-state index >= 15 is 0 Å². The Morgan fingerprint density at radius 3 is 2.09 bits per heavy atom. The Morgan fingerprint density at radius 1 is 1.55 bits per heavy atom. The summed E-state index contributed by atoms with van der Waals surface area (Å²) in [5, 5.41) is 8.73. The molecule has 0 atom stereocenters. The molecule has 1 amide bonds. The van der Waals surface area contributed by atoms with E-state index in [1.54, 1.807) is 21.0 Å². The Bertz CT molecular complexity index is 181. The molecule has 0 unspecified atom stereocenters. The Labute approximate surface area is 66.3 Å². The van der Waals surface area contributed by atoms with Crippen molar-refractivity contribution in [2.75, 3.05) is 20.7 Å². The third kappa shape index (κ3) is 2.59. The lowest BCUT2D eigenvalue weighted by Gasteiger charge is -2.12. The SMILES string of the molecule is C/C(N)=C(/CO)C(=O)N(C)C. The molecule has 0 saturated carbocycles. The van der Waals surface area contributed by atoms with Crippen LogP contribution in [0.2, 0.25) is 0 Å². The van der Waals surface area contributed by atoms with E-state index in [0.29, 0.717) is 5.70 Å². The van der Waals surface area contributed by atoms with Gasteiger partial charge in [0.05, 0.1) is 12.2 Å². The first-order chi connectivity index (χ1) is 5.00. The van der Waals surface area contributed by atoms with Gasteiger partial charge in [-0.05, 0) is 6.92 Å². The molecule has 0 heterocycles. The average molecular weight is 158 g/mol. The molecule has 0 spiro atoms. The van der Waals surface area contributed by atoms with Crippen LogP contribution in [0.4, 0.5) is 0 Å². The van der Waals surface area contributed by atoms with Crippen molar-refractivity contribution in [2.45, 2.75) is 6.92 Å². The van der Waals surface area contributed by atoms with Crippen LogP contribution in [0, 0.1) is 0 Å². The predicted octanol–water partition coefficient (Wildman–Crippen LogP) is -0.700. The monoisotopic (exact) mass is 158 g/mol. The maximum absolute atomic E-state index is 11.1. The molecular formula is C7H14N2O2. The highest BCUT2D eigenvalue weighted by molar-refractivity contribution is 5.93. The van der Waals surface area contributed by atoms with Crippen molar-refractivity contribution >= 4 is 5.91 Å². The summed E-state index contributed by atoms with van der Waals surface area (Å²) in [5.74, 6) is -0.243. The van der Waals surface area contributed by atoms with Gasteiger partial charge in [0.2, 0.25) is 0 Å². The summed E-state index contributed by atoms with van der Waals surface area (Å²) in [6, 6.07) is 0. The molecule has 4 heteroatoms. The molecule has 0 aliphatic carbocycles. The molecule has 0 saturated heterocycles. The van der Waals surface area contributed by atoms with Crippen LogP contribution in [0.3, 0.4) is 0 Å². The maximum Gasteiger partial charge on any atom is 0.253 e. The van der Waals surface area contributed by atoms with Gasteiger partial charge in [-0.2, -0.15) is 0 Å². The summed E-state index contributed by atoms with van der Waals surface area (Å²) in [4.78, 5) is 12.5. The fraction of sp³-hybridized carbons (Fsp3) is 0.571. The first-order valence-corrected chi connectivity index (χ1v) is 3.28. The zero-order valence-corrected chi connectivity index (χ0v) is 7.09. The van der Waals surface area contributed by atoms with Gasteiger partial charge in [-0.25, -0.2) is 0 Å². The number of carbonyl (C=O) groups excluding carboxylic acids is 1. The number of nitrogens with two attached hydrogens (primary N) is 1. The fourth-order valence-electron chi connectivity index (χ4n) is 0.631. The smallest absolute Gasteiger partial charge is 0.253 e. The van der Waals surface area contributed by atoms with E-state index in [1.165, 1.54) is 4.90 Å². The molecule has 0 aromatic rings. The first-order valence-electron chi connectivity index (χ1n) is 3.28. The molecule has 0 aliphatic heterocycles. The third-order valence-corrected chi connectivity index (χ3v) is 1.30. The Balaban J connectivity index is 4.55. The van der Waals surface area contributed by atoms with Gasteiger partial charge in [0.25, 0.3) is 5.91 Å². The molecule has 64 valence electrons. The van der Waals surface area contributed by atoms with Gasteiger partial charge in [-0.15, -0.1) is 0 Å². The Hall–Kier alpha value is -1.03. The van der Waals surface area contributed by atoms with Crippen molar-refractivity contribution < 1.29 is 9.90 Å². The van der Waals surface area contributed by atoms with Crippen LogP contribution in [0.1, 0.15) is 6.92 Å². The largest absolute Gasteiger partial charge is 0.402 e. The number of aliphatic hydroxyl groups is 1. The van der Waals surface area contributed by atoms with Crippen molar-refractivity contribution in [2.24, 2.45) is 5.73 Å². The number of amides is 1. The van der Waals surface area contributed by atoms with Crippen molar-refractivity contribution in [1.29, 1.82) is 0 Å². The minimum atomic E-state index is -0.306. The van der Waals surface area contributed by atoms with Gasteiger partial charge in [0, 0.05) is 19.8 Å². The fourth-order valence-corrected chi connectivity index (χ4v) is 0.631. The highest BCUT2D eigenvalue weighted by Crippen LogP contribution is 2.00. The average Bonchev–Trinajstić information content (AvgIpc) is 1.88. The van der Waals surface area contributed by atoms with Crippen LogP contribution in [0.5, 0.6) is 0 Å². The molecular weight excluding hydrogens is 144 g/mol. The van der Waals surface area contributed by atoms with E-state index in [1.807, 2.05) is 0 Å². The van der Waals surface area contributed by atoms with Crippen molar-refractivity contribution in [3.05, 3.63) is 11.3 Å². The van der Waals surface area contributed by atoms with E-state index < -0.39 is 0 Å². The number of likely N-dealkylation sites (N-methyl/N-ethyl adjacent to an activating group) is 1. The number of hydrogen-bond donors (Lipinski definition) is 2. The standard InChI is InChI=1S/C7H14N2O2/c1-5(8)6(4-10)7(11)9(2)3/h10H,4,8H2,1-3H3/b6-5+. The van der Waals surface area contributed by atoms with Crippen molar-refractivity contribution in [3.8, 4) is 0 Å². The number of hydrogen-bond acceptors (Lipinski definition) is 3. The number of aliphatic hydroxyl groups excluding tert-OH is 1. The predicted molar refractivity (Wildman–Crippen MR) is 42.7 cm³/mol. The molecule has 0 aliphatic rings. The van der Waals surface area contributed by atoms with Crippen molar-refractivity contribution in [3.63, 3.8) is 0 Å². The van der Waals surface area contributed by atoms with Gasteiger partial charge in [0.1, 0.15) is 0 Å². The molecule has 0 radical (unpaired) electrons. The van der Waals surface area contributed by atoms with Gasteiger partial charge in [-0.3, -0.25) is 4.79 Å². The number of carbonyl (C=O) groups is 1. The molecule has 3 N–H and O–H groups in total. The van der Waals surface area contributed by atoms with E-state index in [9.17, 15) is 4.79 Å². The lowest BCUT2D eigenvalue weighted by Crippen LogP contribution is -2.27. The third-order valence-electron chi connectivity index (χ3n) is 1.30. The molecule has 4 nitrogen and oxygen atoms in total. The lowest BCUT2D eigenvalue weighted by molar-refractivity contribution is -0.125. The summed E-state index contributed by atoms with van der Waals surface area (Å²) in [7, 11) is 3.22. The van der Waals surface area contributed by atoms with Gasteiger partial charge in [0.15, 0.2) is 0 Å². The summed E-state index contributed by atoms with van der Waals surface area (Å²) in [6.45, 7) is 1.28. The zero-order chi connectivity index (χ0) is 9.02. The second-order valence-electron chi connectivity index (χ2n) is 2.52. The van der Waals surface area contributed by atoms with Crippen LogP contribution in [0.25, 0.3) is 0 Å². The highest BCUT2D eigenvalue weighted by atomic mass is 16.3. The molecule has 0 aromatic carbocycles. The van der Waals surface area contributed by atoms with Crippen LogP contribution < -0.4 is 5.73 Å². The molecule has 0 fully saturated rings. The zero-order valence-electron chi connectivity index (χ0n) is 7.09. The van der Waals surface area contributed by atoms with Crippen molar-refractivity contribution in [1.82, 2.24) is 4.90 Å². The molecule has 0 rings (SSSR count). The van der Waals surface area contributed by atoms with Gasteiger partial charge in [-0.1, -0.05) is 0 Å². The Morgan fingerprint density at radius 2 is 2.00 bits per heavy atom. The van der Waals surface area contributed by atoms with Crippen LogP contribution in [0.15, 0.2) is 11.3 Å². The molecule has 0 aromatic heterocycles. The van der Waals surface area contributed by atoms with Crippen LogP contribution in [-0.2, 0) is 4.79 Å². The quantitative estimate of drug-likeness (QED) is 0.522. The topological polar surface area (TPSA) is 66.6 Å². The van der Waals surface area contributed by atoms with Gasteiger partial charge < -0.3 is 15.7 Å². The van der Waals surface area contributed by atoms with E-state index in [4.69, 9.17) is 10.8 Å². The number of allylic oxidation sites excluding steroid dienone is 1. The molecule has 11 heavy (non-hydrogen) atoms. The minimum Gasteiger partial charge on any atom is -0.402 e. The van der Waals surface area contributed by atoms with Crippen LogP contribution >= 0.6 is 0 Å². The Kier molecular flexibility index (Phi) is 3.60.